The zero-order chi connectivity index (χ0) is 18.1. The lowest BCUT2D eigenvalue weighted by Gasteiger charge is -2.33. The van der Waals surface area contributed by atoms with E-state index in [0.29, 0.717) is 32.0 Å². The van der Waals surface area contributed by atoms with Crippen molar-refractivity contribution in [2.24, 2.45) is 0 Å². The number of aryl methyl sites for hydroxylation is 1. The third-order valence-electron chi connectivity index (χ3n) is 5.17. The lowest BCUT2D eigenvalue weighted by Crippen LogP contribution is -2.49. The molecule has 0 radical (unpaired) electrons. The predicted octanol–water partition coefficient (Wildman–Crippen LogP) is 2.35. The van der Waals surface area contributed by atoms with Crippen molar-refractivity contribution in [3.63, 3.8) is 0 Å². The zero-order valence-electron chi connectivity index (χ0n) is 14.8. The van der Waals surface area contributed by atoms with Crippen LogP contribution in [0.2, 0.25) is 0 Å². The fourth-order valence-corrected chi connectivity index (χ4v) is 3.81. The second-order valence-corrected chi connectivity index (χ2v) is 6.83. The van der Waals surface area contributed by atoms with Crippen LogP contribution in [0.1, 0.15) is 17.0 Å². The minimum Gasteiger partial charge on any atom is -0.379 e. The molecular formula is C21H22N2O3. The van der Waals surface area contributed by atoms with E-state index in [9.17, 15) is 9.59 Å². The van der Waals surface area contributed by atoms with Crippen molar-refractivity contribution in [1.82, 2.24) is 4.90 Å². The van der Waals surface area contributed by atoms with Gasteiger partial charge in [0.05, 0.1) is 24.8 Å². The summed E-state index contributed by atoms with van der Waals surface area (Å²) in [7, 11) is 0. The molecule has 2 fully saturated rings. The van der Waals surface area contributed by atoms with Crippen LogP contribution in [-0.2, 0) is 14.3 Å². The smallest absolute Gasteiger partial charge is 0.252 e. The molecule has 134 valence electrons. The average Bonchev–Trinajstić information content (AvgIpc) is 2.94. The van der Waals surface area contributed by atoms with Gasteiger partial charge in [0, 0.05) is 13.1 Å². The average molecular weight is 350 g/mol. The molecule has 4 rings (SSSR count). The molecule has 2 atom stereocenters. The summed E-state index contributed by atoms with van der Waals surface area (Å²) in [5.74, 6) is -0.778. The first-order chi connectivity index (χ1) is 12.7. The van der Waals surface area contributed by atoms with Gasteiger partial charge in [-0.05, 0) is 24.6 Å². The Balaban J connectivity index is 1.75. The van der Waals surface area contributed by atoms with Crippen LogP contribution in [0.15, 0.2) is 54.6 Å². The zero-order valence-corrected chi connectivity index (χ0v) is 14.8. The summed E-state index contributed by atoms with van der Waals surface area (Å²) in [6.07, 6.45) is 0. The van der Waals surface area contributed by atoms with Gasteiger partial charge >= 0.3 is 0 Å². The Morgan fingerprint density at radius 2 is 1.54 bits per heavy atom. The summed E-state index contributed by atoms with van der Waals surface area (Å²) in [5, 5.41) is 0. The van der Waals surface area contributed by atoms with E-state index < -0.39 is 12.0 Å². The fraction of sp³-hybridized carbons (Fsp3) is 0.333. The molecule has 2 aromatic rings. The molecular weight excluding hydrogens is 328 g/mol. The molecule has 2 aliphatic heterocycles. The van der Waals surface area contributed by atoms with E-state index in [-0.39, 0.29) is 11.8 Å². The second kappa shape index (κ2) is 7.02. The quantitative estimate of drug-likeness (QED) is 0.798. The number of imide groups is 1. The molecule has 2 aliphatic rings. The van der Waals surface area contributed by atoms with Crippen LogP contribution < -0.4 is 4.90 Å². The van der Waals surface area contributed by atoms with Crippen molar-refractivity contribution in [3.05, 3.63) is 65.7 Å². The minimum atomic E-state index is -0.483. The Morgan fingerprint density at radius 1 is 0.885 bits per heavy atom. The monoisotopic (exact) mass is 350 g/mol. The van der Waals surface area contributed by atoms with E-state index in [4.69, 9.17) is 4.74 Å². The summed E-state index contributed by atoms with van der Waals surface area (Å²) in [6, 6.07) is 16.7. The number of morpholine rings is 1. The maximum Gasteiger partial charge on any atom is 0.252 e. The first-order valence-electron chi connectivity index (χ1n) is 8.98. The number of hydrogen-bond donors (Lipinski definition) is 0. The van der Waals surface area contributed by atoms with Gasteiger partial charge in [0.2, 0.25) is 5.91 Å². The molecule has 0 bridgehead atoms. The van der Waals surface area contributed by atoms with Gasteiger partial charge in [-0.2, -0.15) is 0 Å². The van der Waals surface area contributed by atoms with Gasteiger partial charge in [0.15, 0.2) is 0 Å². The Bertz CT molecular complexity index is 798. The lowest BCUT2D eigenvalue weighted by atomic mass is 9.92. The molecule has 2 heterocycles. The van der Waals surface area contributed by atoms with Crippen molar-refractivity contribution >= 4 is 17.5 Å². The maximum atomic E-state index is 13.3. The number of carbonyl (C=O) groups is 2. The summed E-state index contributed by atoms with van der Waals surface area (Å²) in [4.78, 5) is 30.1. The highest BCUT2D eigenvalue weighted by Crippen LogP contribution is 2.36. The summed E-state index contributed by atoms with van der Waals surface area (Å²) < 4.78 is 5.44. The van der Waals surface area contributed by atoms with Crippen molar-refractivity contribution in [3.8, 4) is 0 Å². The van der Waals surface area contributed by atoms with Gasteiger partial charge in [-0.1, -0.05) is 48.0 Å². The third kappa shape index (κ3) is 2.93. The summed E-state index contributed by atoms with van der Waals surface area (Å²) >= 11 is 0. The standard InChI is InChI=1S/C21H22N2O3/c1-15-7-9-17(10-8-15)23-20(24)18(16-5-3-2-4-6-16)19(21(23)25)22-11-13-26-14-12-22/h2-10,18-19H,11-14H2,1H3/t18-,19-/m0/s1. The first kappa shape index (κ1) is 16.9. The van der Waals surface area contributed by atoms with Gasteiger partial charge < -0.3 is 4.74 Å². The Kier molecular flexibility index (Phi) is 4.57. The molecule has 5 nitrogen and oxygen atoms in total. The van der Waals surface area contributed by atoms with Gasteiger partial charge in [0.25, 0.3) is 5.91 Å². The topological polar surface area (TPSA) is 49.9 Å². The van der Waals surface area contributed by atoms with Crippen molar-refractivity contribution in [2.45, 2.75) is 18.9 Å². The summed E-state index contributed by atoms with van der Waals surface area (Å²) in [5.41, 5.74) is 2.62. The second-order valence-electron chi connectivity index (χ2n) is 6.83. The summed E-state index contributed by atoms with van der Waals surface area (Å²) in [6.45, 7) is 4.48. The van der Waals surface area contributed by atoms with Gasteiger partial charge in [-0.3, -0.25) is 14.5 Å². The van der Waals surface area contributed by atoms with Crippen molar-refractivity contribution < 1.29 is 14.3 Å². The number of nitrogens with zero attached hydrogens (tertiary/aromatic N) is 2. The molecule has 0 aromatic heterocycles. The molecule has 0 saturated carbocycles. The van der Waals surface area contributed by atoms with E-state index in [1.807, 2.05) is 61.5 Å². The Hall–Kier alpha value is -2.50. The van der Waals surface area contributed by atoms with Crippen LogP contribution in [0.3, 0.4) is 0 Å². The van der Waals surface area contributed by atoms with Crippen LogP contribution in [0, 0.1) is 6.92 Å². The first-order valence-corrected chi connectivity index (χ1v) is 8.98. The number of amides is 2. The van der Waals surface area contributed by atoms with Crippen LogP contribution in [0.4, 0.5) is 5.69 Å². The molecule has 2 saturated heterocycles. The van der Waals surface area contributed by atoms with Crippen LogP contribution in [-0.4, -0.2) is 49.1 Å². The van der Waals surface area contributed by atoms with Crippen LogP contribution in [0.25, 0.3) is 0 Å². The van der Waals surface area contributed by atoms with Crippen LogP contribution in [0.5, 0.6) is 0 Å². The third-order valence-corrected chi connectivity index (χ3v) is 5.17. The van der Waals surface area contributed by atoms with E-state index in [0.717, 1.165) is 11.1 Å². The van der Waals surface area contributed by atoms with E-state index in [1.54, 1.807) is 0 Å². The minimum absolute atomic E-state index is 0.144. The molecule has 0 N–H and O–H groups in total. The number of anilines is 1. The van der Waals surface area contributed by atoms with Gasteiger partial charge in [-0.15, -0.1) is 0 Å². The molecule has 5 heteroatoms. The van der Waals surface area contributed by atoms with E-state index in [1.165, 1.54) is 4.90 Å². The number of benzene rings is 2. The molecule has 0 aliphatic carbocycles. The predicted molar refractivity (Wildman–Crippen MR) is 99.0 cm³/mol. The molecule has 2 aromatic carbocycles. The SMILES string of the molecule is Cc1ccc(N2C(=O)[C@@H](N3CCOCC3)[C@H](c3ccccc3)C2=O)cc1. The van der Waals surface area contributed by atoms with Crippen molar-refractivity contribution in [2.75, 3.05) is 31.2 Å². The maximum absolute atomic E-state index is 13.3. The number of carbonyl (C=O) groups excluding carboxylic acids is 2. The van der Waals surface area contributed by atoms with Crippen molar-refractivity contribution in [1.29, 1.82) is 0 Å². The largest absolute Gasteiger partial charge is 0.379 e. The molecule has 26 heavy (non-hydrogen) atoms. The Morgan fingerprint density at radius 3 is 2.19 bits per heavy atom. The fourth-order valence-electron chi connectivity index (χ4n) is 3.81. The highest BCUT2D eigenvalue weighted by Gasteiger charge is 2.51. The van der Waals surface area contributed by atoms with Gasteiger partial charge in [0.1, 0.15) is 6.04 Å². The highest BCUT2D eigenvalue weighted by atomic mass is 16.5. The normalized spacial score (nSPS) is 24.3. The highest BCUT2D eigenvalue weighted by molar-refractivity contribution is 6.25. The number of ether oxygens (including phenoxy) is 1. The van der Waals surface area contributed by atoms with E-state index >= 15 is 0 Å². The van der Waals surface area contributed by atoms with E-state index in [2.05, 4.69) is 4.90 Å². The number of hydrogen-bond acceptors (Lipinski definition) is 4. The molecule has 0 unspecified atom stereocenters. The molecule has 0 spiro atoms. The number of rotatable bonds is 3. The molecule has 2 amide bonds. The lowest BCUT2D eigenvalue weighted by molar-refractivity contribution is -0.123. The van der Waals surface area contributed by atoms with Crippen LogP contribution >= 0.6 is 0 Å². The van der Waals surface area contributed by atoms with Gasteiger partial charge in [-0.25, -0.2) is 4.90 Å². The Labute approximate surface area is 153 Å².